The summed E-state index contributed by atoms with van der Waals surface area (Å²) in [6, 6.07) is 10.2. The van der Waals surface area contributed by atoms with Crippen molar-refractivity contribution in [2.45, 2.75) is 40.0 Å². The molecule has 0 saturated carbocycles. The van der Waals surface area contributed by atoms with Gasteiger partial charge in [0.2, 0.25) is 5.95 Å². The van der Waals surface area contributed by atoms with Crippen molar-refractivity contribution in [2.75, 3.05) is 17.2 Å². The molecule has 0 radical (unpaired) electrons. The molecule has 0 spiro atoms. The minimum atomic E-state index is 0.586. The Kier molecular flexibility index (Phi) is 5.12. The van der Waals surface area contributed by atoms with Gasteiger partial charge in [-0.15, -0.1) is 0 Å². The zero-order valence-corrected chi connectivity index (χ0v) is 15.2. The molecule has 2 aromatic heterocycles. The lowest BCUT2D eigenvalue weighted by Crippen LogP contribution is -2.21. The SMILES string of the molecule is CCCc1nc(N(CC)c2cccc3cccnc23)nc(N)c1CC. The minimum Gasteiger partial charge on any atom is -0.383 e. The van der Waals surface area contributed by atoms with Crippen molar-refractivity contribution in [3.63, 3.8) is 0 Å². The molecular formula is C20H25N5. The van der Waals surface area contributed by atoms with E-state index in [1.807, 2.05) is 18.3 Å². The van der Waals surface area contributed by atoms with Gasteiger partial charge >= 0.3 is 0 Å². The van der Waals surface area contributed by atoms with Crippen molar-refractivity contribution < 1.29 is 0 Å². The van der Waals surface area contributed by atoms with E-state index >= 15 is 0 Å². The fourth-order valence-electron chi connectivity index (χ4n) is 3.21. The molecule has 0 bridgehead atoms. The van der Waals surface area contributed by atoms with Crippen molar-refractivity contribution in [2.24, 2.45) is 0 Å². The Morgan fingerprint density at radius 1 is 1.04 bits per heavy atom. The molecule has 0 aliphatic rings. The van der Waals surface area contributed by atoms with E-state index in [-0.39, 0.29) is 0 Å². The Bertz CT molecular complexity index is 870. The summed E-state index contributed by atoms with van der Waals surface area (Å²) >= 11 is 0. The molecule has 0 fully saturated rings. The van der Waals surface area contributed by atoms with Crippen LogP contribution in [0.25, 0.3) is 10.9 Å². The molecule has 5 heteroatoms. The number of anilines is 3. The van der Waals surface area contributed by atoms with Gasteiger partial charge in [0.1, 0.15) is 5.82 Å². The average molecular weight is 335 g/mol. The van der Waals surface area contributed by atoms with E-state index < -0.39 is 0 Å². The number of hydrogen-bond acceptors (Lipinski definition) is 5. The van der Waals surface area contributed by atoms with E-state index in [1.54, 1.807) is 0 Å². The van der Waals surface area contributed by atoms with E-state index in [4.69, 9.17) is 10.7 Å². The molecule has 2 heterocycles. The van der Waals surface area contributed by atoms with Gasteiger partial charge in [-0.25, -0.2) is 4.98 Å². The molecule has 2 N–H and O–H groups in total. The van der Waals surface area contributed by atoms with Gasteiger partial charge in [-0.1, -0.05) is 38.5 Å². The summed E-state index contributed by atoms with van der Waals surface area (Å²) in [7, 11) is 0. The number of benzene rings is 1. The van der Waals surface area contributed by atoms with Gasteiger partial charge < -0.3 is 10.6 Å². The number of fused-ring (bicyclic) bond motifs is 1. The first-order valence-electron chi connectivity index (χ1n) is 8.96. The van der Waals surface area contributed by atoms with Crippen LogP contribution in [0.15, 0.2) is 36.5 Å². The standard InChI is InChI=1S/C20H25N5/c1-4-9-16-15(5-2)19(21)24-20(23-16)25(6-3)17-12-7-10-14-11-8-13-22-18(14)17/h7-8,10-13H,4-6,9H2,1-3H3,(H2,21,23,24). The molecule has 130 valence electrons. The zero-order chi connectivity index (χ0) is 17.8. The third-order valence-corrected chi connectivity index (χ3v) is 4.41. The largest absolute Gasteiger partial charge is 0.383 e. The van der Waals surface area contributed by atoms with Crippen LogP contribution in [0.4, 0.5) is 17.5 Å². The second kappa shape index (κ2) is 7.47. The molecule has 0 saturated heterocycles. The Balaban J connectivity index is 2.15. The second-order valence-electron chi connectivity index (χ2n) is 6.03. The molecule has 5 nitrogen and oxygen atoms in total. The van der Waals surface area contributed by atoms with Gasteiger partial charge in [-0.2, -0.15) is 4.98 Å². The number of pyridine rings is 1. The molecular weight excluding hydrogens is 310 g/mol. The highest BCUT2D eigenvalue weighted by Crippen LogP contribution is 2.30. The lowest BCUT2D eigenvalue weighted by atomic mass is 10.1. The number of rotatable bonds is 6. The molecule has 1 aromatic carbocycles. The van der Waals surface area contributed by atoms with E-state index in [0.29, 0.717) is 11.8 Å². The van der Waals surface area contributed by atoms with Crippen molar-refractivity contribution in [1.29, 1.82) is 0 Å². The van der Waals surface area contributed by atoms with Crippen LogP contribution in [0, 0.1) is 0 Å². The summed E-state index contributed by atoms with van der Waals surface area (Å²) in [6.07, 6.45) is 4.61. The van der Waals surface area contributed by atoms with Crippen molar-refractivity contribution in [1.82, 2.24) is 15.0 Å². The summed E-state index contributed by atoms with van der Waals surface area (Å²) in [6.45, 7) is 7.09. The van der Waals surface area contributed by atoms with Gasteiger partial charge in [0.15, 0.2) is 0 Å². The van der Waals surface area contributed by atoms with Gasteiger partial charge in [0.05, 0.1) is 16.9 Å². The lowest BCUT2D eigenvalue weighted by molar-refractivity contribution is 0.832. The predicted octanol–water partition coefficient (Wildman–Crippen LogP) is 4.28. The summed E-state index contributed by atoms with van der Waals surface area (Å²) in [5.41, 5.74) is 10.3. The van der Waals surface area contributed by atoms with Crippen LogP contribution >= 0.6 is 0 Å². The maximum Gasteiger partial charge on any atom is 0.232 e. The normalized spacial score (nSPS) is 11.0. The third-order valence-electron chi connectivity index (χ3n) is 4.41. The number of nitrogens with zero attached hydrogens (tertiary/aromatic N) is 4. The molecule has 0 amide bonds. The number of hydrogen-bond donors (Lipinski definition) is 1. The minimum absolute atomic E-state index is 0.586. The summed E-state index contributed by atoms with van der Waals surface area (Å²) in [4.78, 5) is 16.1. The summed E-state index contributed by atoms with van der Waals surface area (Å²) in [5, 5.41) is 1.10. The van der Waals surface area contributed by atoms with E-state index in [9.17, 15) is 0 Å². The number of aromatic nitrogens is 3. The first-order chi connectivity index (χ1) is 12.2. The first kappa shape index (κ1) is 17.1. The van der Waals surface area contributed by atoms with E-state index in [0.717, 1.165) is 53.7 Å². The van der Waals surface area contributed by atoms with E-state index in [2.05, 4.69) is 53.8 Å². The molecule has 0 aliphatic carbocycles. The zero-order valence-electron chi connectivity index (χ0n) is 15.2. The van der Waals surface area contributed by atoms with Crippen molar-refractivity contribution >= 4 is 28.4 Å². The van der Waals surface area contributed by atoms with Crippen molar-refractivity contribution in [3.8, 4) is 0 Å². The smallest absolute Gasteiger partial charge is 0.232 e. The average Bonchev–Trinajstić information content (AvgIpc) is 2.63. The van der Waals surface area contributed by atoms with Crippen LogP contribution in [-0.4, -0.2) is 21.5 Å². The van der Waals surface area contributed by atoms with Crippen LogP contribution in [-0.2, 0) is 12.8 Å². The summed E-state index contributed by atoms with van der Waals surface area (Å²) < 4.78 is 0. The Morgan fingerprint density at radius 2 is 1.84 bits per heavy atom. The molecule has 3 aromatic rings. The quantitative estimate of drug-likeness (QED) is 0.728. The van der Waals surface area contributed by atoms with Gasteiger partial charge in [-0.05, 0) is 31.9 Å². The van der Waals surface area contributed by atoms with Crippen LogP contribution in [0.1, 0.15) is 38.4 Å². The van der Waals surface area contributed by atoms with Gasteiger partial charge in [0.25, 0.3) is 0 Å². The van der Waals surface area contributed by atoms with E-state index in [1.165, 1.54) is 0 Å². The van der Waals surface area contributed by atoms with Crippen LogP contribution in [0.5, 0.6) is 0 Å². The van der Waals surface area contributed by atoms with Gasteiger partial charge in [0, 0.05) is 23.7 Å². The second-order valence-corrected chi connectivity index (χ2v) is 6.03. The van der Waals surface area contributed by atoms with Crippen LogP contribution in [0.3, 0.4) is 0 Å². The van der Waals surface area contributed by atoms with Crippen molar-refractivity contribution in [3.05, 3.63) is 47.8 Å². The lowest BCUT2D eigenvalue weighted by Gasteiger charge is -2.24. The molecule has 0 atom stereocenters. The monoisotopic (exact) mass is 335 g/mol. The number of nitrogen functional groups attached to an aromatic ring is 1. The van der Waals surface area contributed by atoms with Crippen LogP contribution < -0.4 is 10.6 Å². The summed E-state index contributed by atoms with van der Waals surface area (Å²) in [5.74, 6) is 1.24. The highest BCUT2D eigenvalue weighted by Gasteiger charge is 2.18. The topological polar surface area (TPSA) is 67.9 Å². The molecule has 25 heavy (non-hydrogen) atoms. The number of aryl methyl sites for hydroxylation is 1. The Labute approximate surface area is 148 Å². The third kappa shape index (κ3) is 3.27. The number of para-hydroxylation sites is 1. The maximum atomic E-state index is 6.25. The van der Waals surface area contributed by atoms with Gasteiger partial charge in [-0.3, -0.25) is 4.98 Å². The highest BCUT2D eigenvalue weighted by molar-refractivity contribution is 5.92. The van der Waals surface area contributed by atoms with Crippen LogP contribution in [0.2, 0.25) is 0 Å². The molecule has 0 unspecified atom stereocenters. The highest BCUT2D eigenvalue weighted by atomic mass is 15.3. The Morgan fingerprint density at radius 3 is 2.56 bits per heavy atom. The fraction of sp³-hybridized carbons (Fsp3) is 0.350. The first-order valence-corrected chi connectivity index (χ1v) is 8.96. The molecule has 3 rings (SSSR count). The maximum absolute atomic E-state index is 6.25. The predicted molar refractivity (Wildman–Crippen MR) is 104 cm³/mol. The Hall–Kier alpha value is -2.69. The number of nitrogens with two attached hydrogens (primary N) is 1. The molecule has 0 aliphatic heterocycles. The fourth-order valence-corrected chi connectivity index (χ4v) is 3.21.